The number of aryl methyl sites for hydroxylation is 3. The number of ether oxygens (including phenoxy) is 1. The number of aliphatic hydroxyl groups excluding tert-OH is 1. The van der Waals surface area contributed by atoms with Crippen molar-refractivity contribution in [3.63, 3.8) is 0 Å². The van der Waals surface area contributed by atoms with Crippen LogP contribution in [0.3, 0.4) is 0 Å². The number of hydrogen-bond donors (Lipinski definition) is 2. The first-order valence-corrected chi connectivity index (χ1v) is 8.68. The van der Waals surface area contributed by atoms with E-state index < -0.39 is 16.1 Å². The number of rotatable bonds is 6. The molecule has 1 aromatic heterocycles. The van der Waals surface area contributed by atoms with E-state index in [0.717, 1.165) is 11.1 Å². The van der Waals surface area contributed by atoms with Crippen molar-refractivity contribution in [1.29, 1.82) is 0 Å². The molecule has 0 amide bonds. The highest BCUT2D eigenvalue weighted by Gasteiger charge is 2.22. The van der Waals surface area contributed by atoms with Crippen LogP contribution in [-0.2, 0) is 17.1 Å². The van der Waals surface area contributed by atoms with Gasteiger partial charge in [0.15, 0.2) is 0 Å². The van der Waals surface area contributed by atoms with Gasteiger partial charge in [-0.2, -0.15) is 0 Å². The van der Waals surface area contributed by atoms with Crippen molar-refractivity contribution in [2.45, 2.75) is 24.8 Å². The van der Waals surface area contributed by atoms with Crippen LogP contribution in [0.15, 0.2) is 35.4 Å². The molecule has 126 valence electrons. The molecule has 0 fully saturated rings. The van der Waals surface area contributed by atoms with Crippen molar-refractivity contribution in [3.05, 3.63) is 47.3 Å². The molecule has 23 heavy (non-hydrogen) atoms. The van der Waals surface area contributed by atoms with E-state index in [1.54, 1.807) is 42.1 Å². The summed E-state index contributed by atoms with van der Waals surface area (Å²) >= 11 is 0. The quantitative estimate of drug-likeness (QED) is 0.839. The first kappa shape index (κ1) is 17.5. The van der Waals surface area contributed by atoms with Crippen LogP contribution in [-0.4, -0.2) is 31.7 Å². The third-order valence-corrected chi connectivity index (χ3v) is 5.31. The first-order valence-electron chi connectivity index (χ1n) is 7.20. The van der Waals surface area contributed by atoms with Gasteiger partial charge in [-0.1, -0.05) is 0 Å². The summed E-state index contributed by atoms with van der Waals surface area (Å²) in [6.07, 6.45) is 0.863. The van der Waals surface area contributed by atoms with Crippen molar-refractivity contribution >= 4 is 10.0 Å². The number of methoxy groups -OCH3 is 1. The lowest BCUT2D eigenvalue weighted by molar-refractivity contribution is 0.173. The normalized spacial score (nSPS) is 13.1. The predicted octanol–water partition coefficient (Wildman–Crippen LogP) is 1.66. The van der Waals surface area contributed by atoms with E-state index in [1.165, 1.54) is 7.11 Å². The van der Waals surface area contributed by atoms with Crippen molar-refractivity contribution < 1.29 is 18.3 Å². The minimum absolute atomic E-state index is 0.0715. The van der Waals surface area contributed by atoms with Gasteiger partial charge in [0, 0.05) is 25.5 Å². The monoisotopic (exact) mass is 338 g/mol. The zero-order valence-electron chi connectivity index (χ0n) is 13.7. The zero-order valence-corrected chi connectivity index (χ0v) is 14.5. The summed E-state index contributed by atoms with van der Waals surface area (Å²) in [7, 11) is -0.562. The molecule has 0 unspecified atom stereocenters. The lowest BCUT2D eigenvalue weighted by atomic mass is 10.1. The number of hydrogen-bond acceptors (Lipinski definition) is 4. The number of nitrogens with zero attached hydrogens (tertiary/aromatic N) is 1. The van der Waals surface area contributed by atoms with E-state index in [0.29, 0.717) is 5.69 Å². The SMILES string of the molecule is COc1cc(C)c(C)cc1S(=O)(=O)NC[C@@H](O)c1cccn1C. The van der Waals surface area contributed by atoms with Crippen LogP contribution in [0.5, 0.6) is 5.75 Å². The van der Waals surface area contributed by atoms with E-state index in [1.807, 2.05) is 13.8 Å². The number of sulfonamides is 1. The van der Waals surface area contributed by atoms with Crippen molar-refractivity contribution in [2.24, 2.45) is 7.05 Å². The lowest BCUT2D eigenvalue weighted by Gasteiger charge is -2.16. The molecule has 0 aliphatic rings. The lowest BCUT2D eigenvalue weighted by Crippen LogP contribution is -2.29. The Morgan fingerprint density at radius 2 is 1.96 bits per heavy atom. The predicted molar refractivity (Wildman–Crippen MR) is 88.0 cm³/mol. The smallest absolute Gasteiger partial charge is 0.244 e. The summed E-state index contributed by atoms with van der Waals surface area (Å²) in [5.74, 6) is 0.286. The average molecular weight is 338 g/mol. The molecule has 1 aromatic carbocycles. The van der Waals surface area contributed by atoms with E-state index in [2.05, 4.69) is 4.72 Å². The van der Waals surface area contributed by atoms with Gasteiger partial charge in [0.05, 0.1) is 7.11 Å². The molecule has 0 aliphatic carbocycles. The summed E-state index contributed by atoms with van der Waals surface area (Å²) in [6.45, 7) is 3.61. The van der Waals surface area contributed by atoms with Crippen molar-refractivity contribution in [3.8, 4) is 5.75 Å². The van der Waals surface area contributed by atoms with E-state index >= 15 is 0 Å². The molecular weight excluding hydrogens is 316 g/mol. The zero-order chi connectivity index (χ0) is 17.2. The number of nitrogens with one attached hydrogen (secondary N) is 1. The van der Waals surface area contributed by atoms with Crippen LogP contribution >= 0.6 is 0 Å². The Kier molecular flexibility index (Phi) is 5.13. The maximum atomic E-state index is 12.5. The van der Waals surface area contributed by atoms with Crippen molar-refractivity contribution in [1.82, 2.24) is 9.29 Å². The third kappa shape index (κ3) is 3.74. The van der Waals surface area contributed by atoms with Crippen LogP contribution in [0.2, 0.25) is 0 Å². The molecule has 0 saturated heterocycles. The van der Waals surface area contributed by atoms with Gasteiger partial charge in [0.2, 0.25) is 10.0 Å². The Hall–Kier alpha value is -1.83. The molecule has 0 spiro atoms. The minimum Gasteiger partial charge on any atom is -0.495 e. The second-order valence-electron chi connectivity index (χ2n) is 5.50. The highest BCUT2D eigenvalue weighted by atomic mass is 32.2. The van der Waals surface area contributed by atoms with Gasteiger partial charge >= 0.3 is 0 Å². The van der Waals surface area contributed by atoms with Gasteiger partial charge < -0.3 is 14.4 Å². The van der Waals surface area contributed by atoms with Crippen LogP contribution in [0, 0.1) is 13.8 Å². The molecule has 7 heteroatoms. The second kappa shape index (κ2) is 6.74. The molecule has 1 heterocycles. The second-order valence-corrected chi connectivity index (χ2v) is 7.23. The Morgan fingerprint density at radius 3 is 2.52 bits per heavy atom. The molecule has 0 radical (unpaired) electrons. The molecule has 0 bridgehead atoms. The molecule has 0 saturated carbocycles. The Balaban J connectivity index is 2.23. The van der Waals surface area contributed by atoms with E-state index in [-0.39, 0.29) is 17.2 Å². The largest absolute Gasteiger partial charge is 0.495 e. The highest BCUT2D eigenvalue weighted by molar-refractivity contribution is 7.89. The summed E-state index contributed by atoms with van der Waals surface area (Å²) in [6, 6.07) is 6.80. The van der Waals surface area contributed by atoms with Crippen LogP contribution in [0.25, 0.3) is 0 Å². The van der Waals surface area contributed by atoms with Gasteiger partial charge in [-0.15, -0.1) is 0 Å². The van der Waals surface area contributed by atoms with E-state index in [4.69, 9.17) is 4.74 Å². The molecule has 6 nitrogen and oxygen atoms in total. The van der Waals surface area contributed by atoms with Gasteiger partial charge in [-0.3, -0.25) is 0 Å². The Bertz CT molecular complexity index is 796. The molecule has 0 aliphatic heterocycles. The number of aromatic nitrogens is 1. The highest BCUT2D eigenvalue weighted by Crippen LogP contribution is 2.27. The van der Waals surface area contributed by atoms with Gasteiger partial charge in [-0.05, 0) is 49.2 Å². The first-order chi connectivity index (χ1) is 10.8. The van der Waals surface area contributed by atoms with Crippen LogP contribution < -0.4 is 9.46 Å². The Morgan fingerprint density at radius 1 is 1.30 bits per heavy atom. The molecular formula is C16H22N2O4S. The fourth-order valence-corrected chi connectivity index (χ4v) is 3.60. The fraction of sp³-hybridized carbons (Fsp3) is 0.375. The standard InChI is InChI=1S/C16H22N2O4S/c1-11-8-15(22-4)16(9-12(11)2)23(20,21)17-10-14(19)13-6-5-7-18(13)3/h5-9,14,17,19H,10H2,1-4H3/t14-/m1/s1. The van der Waals surface area contributed by atoms with Crippen LogP contribution in [0.4, 0.5) is 0 Å². The molecule has 2 aromatic rings. The number of benzene rings is 1. The maximum Gasteiger partial charge on any atom is 0.244 e. The molecule has 2 N–H and O–H groups in total. The van der Waals surface area contributed by atoms with Gasteiger partial charge in [0.25, 0.3) is 0 Å². The summed E-state index contributed by atoms with van der Waals surface area (Å²) in [5, 5.41) is 10.1. The van der Waals surface area contributed by atoms with Crippen LogP contribution in [0.1, 0.15) is 22.9 Å². The van der Waals surface area contributed by atoms with Gasteiger partial charge in [0.1, 0.15) is 16.7 Å². The average Bonchev–Trinajstić information content (AvgIpc) is 2.93. The molecule has 1 atom stereocenters. The summed E-state index contributed by atoms with van der Waals surface area (Å²) in [4.78, 5) is 0.0715. The number of aliphatic hydroxyl groups is 1. The third-order valence-electron chi connectivity index (χ3n) is 3.86. The summed E-state index contributed by atoms with van der Waals surface area (Å²) < 4.78 is 34.4. The molecule has 2 rings (SSSR count). The summed E-state index contributed by atoms with van der Waals surface area (Å²) in [5.41, 5.74) is 2.44. The van der Waals surface area contributed by atoms with E-state index in [9.17, 15) is 13.5 Å². The fourth-order valence-electron chi connectivity index (χ4n) is 2.32. The van der Waals surface area contributed by atoms with Crippen molar-refractivity contribution in [2.75, 3.05) is 13.7 Å². The van der Waals surface area contributed by atoms with Gasteiger partial charge in [-0.25, -0.2) is 13.1 Å². The minimum atomic E-state index is -3.79. The Labute approximate surface area is 136 Å². The maximum absolute atomic E-state index is 12.5. The topological polar surface area (TPSA) is 80.6 Å².